The van der Waals surface area contributed by atoms with Crippen LogP contribution >= 0.6 is 0 Å². The van der Waals surface area contributed by atoms with Gasteiger partial charge in [-0.1, -0.05) is 13.8 Å². The van der Waals surface area contributed by atoms with E-state index >= 15 is 0 Å². The van der Waals surface area contributed by atoms with Crippen LogP contribution < -0.4 is 25.0 Å². The third kappa shape index (κ3) is 5.49. The van der Waals surface area contributed by atoms with E-state index in [0.29, 0.717) is 30.4 Å². The normalized spacial score (nSPS) is 19.4. The highest BCUT2D eigenvalue weighted by atomic mass is 16.6. The maximum atomic E-state index is 12.7. The molecule has 10 heteroatoms. The van der Waals surface area contributed by atoms with Crippen molar-refractivity contribution in [3.63, 3.8) is 0 Å². The average molecular weight is 447 g/mol. The Hall–Kier alpha value is -3.30. The first-order valence-corrected chi connectivity index (χ1v) is 10.7. The van der Waals surface area contributed by atoms with Crippen LogP contribution in [0.5, 0.6) is 11.5 Å². The molecule has 2 heterocycles. The summed E-state index contributed by atoms with van der Waals surface area (Å²) in [6.07, 6.45) is 0.295. The molecule has 2 aliphatic heterocycles. The van der Waals surface area contributed by atoms with Crippen LogP contribution in [-0.2, 0) is 19.2 Å². The summed E-state index contributed by atoms with van der Waals surface area (Å²) in [5, 5.41) is 14.3. The summed E-state index contributed by atoms with van der Waals surface area (Å²) in [6.45, 7) is 6.26. The molecule has 1 fully saturated rings. The summed E-state index contributed by atoms with van der Waals surface area (Å²) >= 11 is 0. The average Bonchev–Trinajstić information content (AvgIpc) is 3.14. The van der Waals surface area contributed by atoms with Gasteiger partial charge in [-0.05, 0) is 31.4 Å². The Labute approximate surface area is 186 Å². The molecule has 0 aromatic heterocycles. The highest BCUT2D eigenvalue weighted by molar-refractivity contribution is 6.01. The third-order valence-electron chi connectivity index (χ3n) is 5.41. The summed E-state index contributed by atoms with van der Waals surface area (Å²) in [6, 6.07) is 3.22. The van der Waals surface area contributed by atoms with Crippen molar-refractivity contribution >= 4 is 29.4 Å². The molecular weight excluding hydrogens is 418 g/mol. The van der Waals surface area contributed by atoms with Crippen molar-refractivity contribution in [1.82, 2.24) is 10.6 Å². The van der Waals surface area contributed by atoms with E-state index in [0.717, 1.165) is 0 Å². The summed E-state index contributed by atoms with van der Waals surface area (Å²) in [5.41, 5.74) is 0.610. The zero-order chi connectivity index (χ0) is 23.4. The van der Waals surface area contributed by atoms with E-state index in [1.165, 1.54) is 11.8 Å². The summed E-state index contributed by atoms with van der Waals surface area (Å²) in [5.74, 6) is -1.73. The number of nitrogens with one attached hydrogen (secondary N) is 2. The zero-order valence-electron chi connectivity index (χ0n) is 18.4. The lowest BCUT2D eigenvalue weighted by Gasteiger charge is -2.22. The van der Waals surface area contributed by atoms with E-state index < -0.39 is 35.8 Å². The second-order valence-electron chi connectivity index (χ2n) is 8.49. The minimum absolute atomic E-state index is 0.0136. The van der Waals surface area contributed by atoms with Crippen molar-refractivity contribution in [2.24, 2.45) is 11.8 Å². The van der Waals surface area contributed by atoms with E-state index in [9.17, 15) is 24.3 Å². The number of amides is 3. The first-order chi connectivity index (χ1) is 15.2. The van der Waals surface area contributed by atoms with Crippen molar-refractivity contribution in [3.05, 3.63) is 18.2 Å². The molecule has 3 N–H and O–H groups in total. The number of fused-ring (bicyclic) bond motifs is 1. The molecule has 1 aromatic carbocycles. The molecule has 0 spiro atoms. The quantitative estimate of drug-likeness (QED) is 0.540. The lowest BCUT2D eigenvalue weighted by atomic mass is 10.0. The van der Waals surface area contributed by atoms with Crippen LogP contribution in [-0.4, -0.2) is 60.6 Å². The monoisotopic (exact) mass is 447 g/mol. The Morgan fingerprint density at radius 3 is 2.47 bits per heavy atom. The van der Waals surface area contributed by atoms with Crippen LogP contribution in [0.3, 0.4) is 0 Å². The Morgan fingerprint density at radius 1 is 1.12 bits per heavy atom. The van der Waals surface area contributed by atoms with Gasteiger partial charge in [-0.2, -0.15) is 0 Å². The second kappa shape index (κ2) is 9.88. The highest BCUT2D eigenvalue weighted by Gasteiger charge is 2.36. The molecule has 10 nitrogen and oxygen atoms in total. The number of hydrogen-bond acceptors (Lipinski definition) is 6. The number of carbonyl (C=O) groups is 4. The number of aliphatic carboxylic acids is 1. The van der Waals surface area contributed by atoms with Crippen LogP contribution in [0.15, 0.2) is 18.2 Å². The molecule has 1 aromatic rings. The Balaban J connectivity index is 1.58. The van der Waals surface area contributed by atoms with Gasteiger partial charge in [0.1, 0.15) is 25.3 Å². The topological polar surface area (TPSA) is 134 Å². The van der Waals surface area contributed by atoms with Gasteiger partial charge in [0.15, 0.2) is 11.5 Å². The van der Waals surface area contributed by atoms with E-state index in [2.05, 4.69) is 10.6 Å². The molecule has 3 amide bonds. The molecule has 0 saturated carbocycles. The molecule has 1 saturated heterocycles. The standard InChI is InChI=1S/C22H29N3O7/c1-12(2)8-16(22(29)30)24-20(27)13(3)23-21(28)14-9-19(26)25(11-14)15-4-5-17-18(10-15)32-7-6-31-17/h4-5,10,12-14,16H,6-9,11H2,1-3H3,(H,23,28)(H,24,27)(H,29,30)/t13-,14?,16-/m0/s1. The Morgan fingerprint density at radius 2 is 1.81 bits per heavy atom. The maximum absolute atomic E-state index is 12.7. The van der Waals surface area contributed by atoms with Crippen molar-refractivity contribution < 1.29 is 33.8 Å². The molecule has 1 unspecified atom stereocenters. The minimum atomic E-state index is -1.12. The Kier molecular flexibility index (Phi) is 7.22. The SMILES string of the molecule is CC(C)C[C@H](NC(=O)[C@H](C)NC(=O)C1CC(=O)N(c2ccc3c(c2)OCCO3)C1)C(=O)O. The maximum Gasteiger partial charge on any atom is 0.326 e. The highest BCUT2D eigenvalue weighted by Crippen LogP contribution is 2.36. The number of rotatable bonds is 8. The predicted molar refractivity (Wildman–Crippen MR) is 115 cm³/mol. The molecule has 0 aliphatic carbocycles. The molecular formula is C22H29N3O7. The van der Waals surface area contributed by atoms with Gasteiger partial charge in [-0.25, -0.2) is 4.79 Å². The van der Waals surface area contributed by atoms with Gasteiger partial charge in [-0.15, -0.1) is 0 Å². The third-order valence-corrected chi connectivity index (χ3v) is 5.41. The molecule has 0 radical (unpaired) electrons. The minimum Gasteiger partial charge on any atom is -0.486 e. The second-order valence-corrected chi connectivity index (χ2v) is 8.49. The van der Waals surface area contributed by atoms with Crippen molar-refractivity contribution in [3.8, 4) is 11.5 Å². The molecule has 3 rings (SSSR count). The van der Waals surface area contributed by atoms with E-state index in [1.807, 2.05) is 13.8 Å². The van der Waals surface area contributed by atoms with Gasteiger partial charge in [0.05, 0.1) is 5.92 Å². The number of nitrogens with zero attached hydrogens (tertiary/aromatic N) is 1. The van der Waals surface area contributed by atoms with Gasteiger partial charge in [0.2, 0.25) is 17.7 Å². The summed E-state index contributed by atoms with van der Waals surface area (Å²) in [7, 11) is 0. The van der Waals surface area contributed by atoms with Crippen LogP contribution in [0, 0.1) is 11.8 Å². The number of hydrogen-bond donors (Lipinski definition) is 3. The van der Waals surface area contributed by atoms with E-state index in [-0.39, 0.29) is 31.2 Å². The smallest absolute Gasteiger partial charge is 0.326 e. The molecule has 0 bridgehead atoms. The van der Waals surface area contributed by atoms with Gasteiger partial charge < -0.3 is 30.1 Å². The number of anilines is 1. The van der Waals surface area contributed by atoms with Crippen molar-refractivity contribution in [2.45, 2.75) is 45.7 Å². The molecule has 2 aliphatic rings. The van der Waals surface area contributed by atoms with Crippen molar-refractivity contribution in [1.29, 1.82) is 0 Å². The summed E-state index contributed by atoms with van der Waals surface area (Å²) < 4.78 is 11.0. The van der Waals surface area contributed by atoms with Crippen LogP contribution in [0.4, 0.5) is 5.69 Å². The fraction of sp³-hybridized carbons (Fsp3) is 0.545. The predicted octanol–water partition coefficient (Wildman–Crippen LogP) is 0.931. The lowest BCUT2D eigenvalue weighted by molar-refractivity contribution is -0.142. The van der Waals surface area contributed by atoms with Gasteiger partial charge in [0.25, 0.3) is 0 Å². The number of carboxylic acids is 1. The lowest BCUT2D eigenvalue weighted by Crippen LogP contribution is -2.51. The fourth-order valence-electron chi connectivity index (χ4n) is 3.72. The zero-order valence-corrected chi connectivity index (χ0v) is 18.4. The number of benzene rings is 1. The molecule has 3 atom stereocenters. The molecule has 174 valence electrons. The Bertz CT molecular complexity index is 902. The number of carbonyl (C=O) groups excluding carboxylic acids is 3. The van der Waals surface area contributed by atoms with E-state index in [1.54, 1.807) is 18.2 Å². The van der Waals surface area contributed by atoms with Crippen LogP contribution in [0.2, 0.25) is 0 Å². The summed E-state index contributed by atoms with van der Waals surface area (Å²) in [4.78, 5) is 50.5. The van der Waals surface area contributed by atoms with Crippen LogP contribution in [0.25, 0.3) is 0 Å². The van der Waals surface area contributed by atoms with Crippen molar-refractivity contribution in [2.75, 3.05) is 24.7 Å². The fourth-order valence-corrected chi connectivity index (χ4v) is 3.72. The number of carboxylic acid groups (broad SMARTS) is 1. The van der Waals surface area contributed by atoms with Crippen LogP contribution in [0.1, 0.15) is 33.6 Å². The van der Waals surface area contributed by atoms with E-state index in [4.69, 9.17) is 9.47 Å². The first-order valence-electron chi connectivity index (χ1n) is 10.7. The molecule has 32 heavy (non-hydrogen) atoms. The van der Waals surface area contributed by atoms with Gasteiger partial charge in [-0.3, -0.25) is 14.4 Å². The number of ether oxygens (including phenoxy) is 2. The largest absolute Gasteiger partial charge is 0.486 e. The van der Waals surface area contributed by atoms with Gasteiger partial charge in [0, 0.05) is 24.7 Å². The van der Waals surface area contributed by atoms with Gasteiger partial charge >= 0.3 is 5.97 Å². The first kappa shape index (κ1) is 23.4.